The van der Waals surface area contributed by atoms with Gasteiger partial charge in [0.1, 0.15) is 12.6 Å². The van der Waals surface area contributed by atoms with Gasteiger partial charge in [-0.2, -0.15) is 4.98 Å². The first kappa shape index (κ1) is 10.1. The fraction of sp³-hybridized carbons (Fsp3) is 0.667. The van der Waals surface area contributed by atoms with Gasteiger partial charge in [-0.3, -0.25) is 4.57 Å². The summed E-state index contributed by atoms with van der Waals surface area (Å²) in [6.07, 6.45) is 4.15. The molecular formula is C9H14N4O2. The van der Waals surface area contributed by atoms with Crippen LogP contribution in [0.25, 0.3) is 0 Å². The summed E-state index contributed by atoms with van der Waals surface area (Å²) in [7, 11) is 0. The zero-order valence-corrected chi connectivity index (χ0v) is 8.59. The van der Waals surface area contributed by atoms with E-state index in [2.05, 4.69) is 16.9 Å². The van der Waals surface area contributed by atoms with E-state index in [4.69, 9.17) is 10.5 Å². The summed E-state index contributed by atoms with van der Waals surface area (Å²) < 4.78 is 7.05. The van der Waals surface area contributed by atoms with Crippen LogP contribution in [0.4, 0.5) is 5.95 Å². The fourth-order valence-electron chi connectivity index (χ4n) is 1.74. The number of nitrogen functional groups attached to an aromatic ring is 1. The molecule has 0 radical (unpaired) electrons. The number of anilines is 1. The summed E-state index contributed by atoms with van der Waals surface area (Å²) in [5.74, 6) is 0.00119. The maximum atomic E-state index is 11.5. The van der Waals surface area contributed by atoms with Gasteiger partial charge in [-0.25, -0.2) is 9.78 Å². The summed E-state index contributed by atoms with van der Waals surface area (Å²) in [6, 6.07) is 0. The van der Waals surface area contributed by atoms with E-state index in [1.54, 1.807) is 0 Å². The number of aromatic nitrogens is 3. The molecule has 1 aromatic rings. The maximum Gasteiger partial charge on any atom is 0.354 e. The Morgan fingerprint density at radius 1 is 1.67 bits per heavy atom. The second-order valence-corrected chi connectivity index (χ2v) is 3.60. The normalized spacial score (nSPS) is 25.7. The minimum atomic E-state index is -0.399. The minimum absolute atomic E-state index is 0.00119. The van der Waals surface area contributed by atoms with E-state index in [0.29, 0.717) is 0 Å². The predicted molar refractivity (Wildman–Crippen MR) is 54.1 cm³/mol. The lowest BCUT2D eigenvalue weighted by Crippen LogP contribution is -2.28. The third-order valence-electron chi connectivity index (χ3n) is 2.60. The summed E-state index contributed by atoms with van der Waals surface area (Å²) in [5, 5.41) is 0. The molecule has 2 heterocycles. The zero-order valence-electron chi connectivity index (χ0n) is 8.59. The highest BCUT2D eigenvalue weighted by Crippen LogP contribution is 2.28. The molecular weight excluding hydrogens is 196 g/mol. The number of nitrogens with zero attached hydrogens (tertiary/aromatic N) is 3. The largest absolute Gasteiger partial charge is 0.368 e. The molecule has 0 aliphatic carbocycles. The average Bonchev–Trinajstić information content (AvgIpc) is 2.66. The van der Waals surface area contributed by atoms with Gasteiger partial charge in [0.25, 0.3) is 0 Å². The number of hydrogen-bond acceptors (Lipinski definition) is 5. The van der Waals surface area contributed by atoms with Crippen LogP contribution in [0.3, 0.4) is 0 Å². The van der Waals surface area contributed by atoms with E-state index in [9.17, 15) is 4.79 Å². The van der Waals surface area contributed by atoms with E-state index < -0.39 is 5.69 Å². The van der Waals surface area contributed by atoms with Crippen molar-refractivity contribution in [2.45, 2.75) is 38.5 Å². The molecule has 1 fully saturated rings. The summed E-state index contributed by atoms with van der Waals surface area (Å²) in [6.45, 7) is 2.06. The first-order valence-corrected chi connectivity index (χ1v) is 5.07. The molecule has 2 atom stereocenters. The second kappa shape index (κ2) is 3.98. The average molecular weight is 210 g/mol. The van der Waals surface area contributed by atoms with Gasteiger partial charge in [0.2, 0.25) is 5.95 Å². The van der Waals surface area contributed by atoms with E-state index in [1.165, 1.54) is 10.9 Å². The Labute approximate surface area is 87.1 Å². The minimum Gasteiger partial charge on any atom is -0.368 e. The second-order valence-electron chi connectivity index (χ2n) is 3.60. The highest BCUT2D eigenvalue weighted by Gasteiger charge is 2.26. The van der Waals surface area contributed by atoms with E-state index in [-0.39, 0.29) is 18.3 Å². The number of ether oxygens (including phenoxy) is 1. The van der Waals surface area contributed by atoms with Crippen LogP contribution in [0, 0.1) is 0 Å². The lowest BCUT2D eigenvalue weighted by atomic mass is 10.2. The fourth-order valence-corrected chi connectivity index (χ4v) is 1.74. The van der Waals surface area contributed by atoms with Crippen molar-refractivity contribution >= 4 is 5.95 Å². The van der Waals surface area contributed by atoms with Gasteiger partial charge in [0, 0.05) is 0 Å². The van der Waals surface area contributed by atoms with Crippen molar-refractivity contribution in [3.63, 3.8) is 0 Å². The molecule has 0 bridgehead atoms. The molecule has 0 aromatic carbocycles. The smallest absolute Gasteiger partial charge is 0.354 e. The molecule has 0 saturated carbocycles. The van der Waals surface area contributed by atoms with Crippen LogP contribution in [0.1, 0.15) is 32.4 Å². The van der Waals surface area contributed by atoms with Crippen LogP contribution >= 0.6 is 0 Å². The van der Waals surface area contributed by atoms with Crippen molar-refractivity contribution < 1.29 is 4.74 Å². The van der Waals surface area contributed by atoms with Crippen molar-refractivity contribution in [3.05, 3.63) is 16.8 Å². The quantitative estimate of drug-likeness (QED) is 0.759. The van der Waals surface area contributed by atoms with Gasteiger partial charge >= 0.3 is 5.69 Å². The standard InChI is InChI=1S/C9H14N4O2/c1-2-6-3-4-7(15-6)13-5-11-8(10)12-9(13)14/h5-7H,2-4H2,1H3,(H2,10,12,14)/t6-,7?/m1/s1. The molecule has 6 nitrogen and oxygen atoms in total. The van der Waals surface area contributed by atoms with E-state index in [1.807, 2.05) is 0 Å². The molecule has 1 unspecified atom stereocenters. The highest BCUT2D eigenvalue weighted by molar-refractivity contribution is 5.09. The van der Waals surface area contributed by atoms with Gasteiger partial charge in [-0.15, -0.1) is 0 Å². The van der Waals surface area contributed by atoms with Crippen molar-refractivity contribution in [2.24, 2.45) is 0 Å². The Kier molecular flexibility index (Phi) is 2.68. The van der Waals surface area contributed by atoms with Crippen molar-refractivity contribution in [2.75, 3.05) is 5.73 Å². The van der Waals surface area contributed by atoms with Gasteiger partial charge in [0.15, 0.2) is 0 Å². The van der Waals surface area contributed by atoms with Crippen molar-refractivity contribution in [1.82, 2.24) is 14.5 Å². The SMILES string of the molecule is CC[C@@H]1CCC(n2cnc(N)nc2=O)O1. The molecule has 0 spiro atoms. The van der Waals surface area contributed by atoms with Gasteiger partial charge < -0.3 is 10.5 Å². The molecule has 1 aromatic heterocycles. The molecule has 1 saturated heterocycles. The number of rotatable bonds is 2. The van der Waals surface area contributed by atoms with Crippen molar-refractivity contribution in [1.29, 1.82) is 0 Å². The van der Waals surface area contributed by atoms with Crippen LogP contribution in [0.5, 0.6) is 0 Å². The van der Waals surface area contributed by atoms with Crippen LogP contribution < -0.4 is 11.4 Å². The molecule has 2 N–H and O–H groups in total. The van der Waals surface area contributed by atoms with E-state index in [0.717, 1.165) is 19.3 Å². The lowest BCUT2D eigenvalue weighted by molar-refractivity contribution is -0.00253. The zero-order chi connectivity index (χ0) is 10.8. The molecule has 15 heavy (non-hydrogen) atoms. The summed E-state index contributed by atoms with van der Waals surface area (Å²) in [4.78, 5) is 18.8. The molecule has 1 aliphatic rings. The van der Waals surface area contributed by atoms with Crippen molar-refractivity contribution in [3.8, 4) is 0 Å². The van der Waals surface area contributed by atoms with Gasteiger partial charge in [0.05, 0.1) is 6.10 Å². The predicted octanol–water partition coefficient (Wildman–Crippen LogP) is 0.308. The monoisotopic (exact) mass is 210 g/mol. The number of nitrogens with two attached hydrogens (primary N) is 1. The molecule has 2 rings (SSSR count). The first-order valence-electron chi connectivity index (χ1n) is 5.07. The Balaban J connectivity index is 2.20. The van der Waals surface area contributed by atoms with Crippen LogP contribution in [-0.4, -0.2) is 20.6 Å². The Bertz CT molecular complexity index is 403. The van der Waals surface area contributed by atoms with E-state index >= 15 is 0 Å². The van der Waals surface area contributed by atoms with Crippen LogP contribution in [0.2, 0.25) is 0 Å². The Morgan fingerprint density at radius 3 is 3.07 bits per heavy atom. The Hall–Kier alpha value is -1.43. The maximum absolute atomic E-state index is 11.5. The molecule has 6 heteroatoms. The van der Waals surface area contributed by atoms with Crippen LogP contribution in [-0.2, 0) is 4.74 Å². The Morgan fingerprint density at radius 2 is 2.47 bits per heavy atom. The van der Waals surface area contributed by atoms with Gasteiger partial charge in [-0.1, -0.05) is 6.92 Å². The number of hydrogen-bond donors (Lipinski definition) is 1. The lowest BCUT2D eigenvalue weighted by Gasteiger charge is -2.13. The summed E-state index contributed by atoms with van der Waals surface area (Å²) in [5.41, 5.74) is 4.90. The molecule has 0 amide bonds. The summed E-state index contributed by atoms with van der Waals surface area (Å²) >= 11 is 0. The molecule has 82 valence electrons. The third kappa shape index (κ3) is 1.99. The highest BCUT2D eigenvalue weighted by atomic mass is 16.5. The molecule has 1 aliphatic heterocycles. The topological polar surface area (TPSA) is 83.0 Å². The van der Waals surface area contributed by atoms with Crippen LogP contribution in [0.15, 0.2) is 11.1 Å². The first-order chi connectivity index (χ1) is 7.20. The third-order valence-corrected chi connectivity index (χ3v) is 2.60. The van der Waals surface area contributed by atoms with Gasteiger partial charge in [-0.05, 0) is 19.3 Å².